The van der Waals surface area contributed by atoms with Crippen LogP contribution in [-0.2, 0) is 13.6 Å². The summed E-state index contributed by atoms with van der Waals surface area (Å²) in [7, 11) is 5.70. The van der Waals surface area contributed by atoms with Crippen molar-refractivity contribution in [1.29, 1.82) is 0 Å². The molecule has 0 aliphatic rings. The van der Waals surface area contributed by atoms with Crippen LogP contribution in [0.2, 0.25) is 0 Å². The molecule has 1 unspecified atom stereocenters. The normalized spacial score (nSPS) is 12.4. The molecule has 0 amide bonds. The van der Waals surface area contributed by atoms with Gasteiger partial charge in [0.15, 0.2) is 0 Å². The van der Waals surface area contributed by atoms with E-state index in [1.165, 1.54) is 0 Å². The fourth-order valence-corrected chi connectivity index (χ4v) is 2.00. The van der Waals surface area contributed by atoms with Gasteiger partial charge in [-0.05, 0) is 38.4 Å². The van der Waals surface area contributed by atoms with Gasteiger partial charge >= 0.3 is 0 Å². The Bertz CT molecular complexity index is 568. The van der Waals surface area contributed by atoms with Gasteiger partial charge in [-0.25, -0.2) is 0 Å². The van der Waals surface area contributed by atoms with Crippen molar-refractivity contribution in [2.24, 2.45) is 7.05 Å². The van der Waals surface area contributed by atoms with E-state index >= 15 is 0 Å². The van der Waals surface area contributed by atoms with Gasteiger partial charge in [0.1, 0.15) is 18.5 Å². The van der Waals surface area contributed by atoms with Crippen molar-refractivity contribution in [3.8, 4) is 5.75 Å². The highest BCUT2D eigenvalue weighted by Crippen LogP contribution is 2.16. The average Bonchev–Trinajstić information content (AvgIpc) is 2.89. The number of hydrogen-bond acceptors (Lipinski definition) is 6. The zero-order valence-electron chi connectivity index (χ0n) is 13.2. The van der Waals surface area contributed by atoms with Crippen LogP contribution in [0.5, 0.6) is 5.75 Å². The first-order valence-electron chi connectivity index (χ1n) is 7.17. The monoisotopic (exact) mass is 305 g/mol. The standard InChI is InChI=1S/C15H23N5O2/c1-19(2)10-14(21)11-22-15-6-4-12(5-7-15)16-8-13-9-17-18-20(13)3/h4-7,9,14,16,21H,8,10-11H2,1-3H3. The summed E-state index contributed by atoms with van der Waals surface area (Å²) in [6, 6.07) is 7.65. The highest BCUT2D eigenvalue weighted by molar-refractivity contribution is 5.46. The van der Waals surface area contributed by atoms with Gasteiger partial charge in [-0.3, -0.25) is 4.68 Å². The smallest absolute Gasteiger partial charge is 0.119 e. The maximum atomic E-state index is 9.76. The predicted molar refractivity (Wildman–Crippen MR) is 84.8 cm³/mol. The fraction of sp³-hybridized carbons (Fsp3) is 0.467. The van der Waals surface area contributed by atoms with Gasteiger partial charge in [-0.2, -0.15) is 0 Å². The van der Waals surface area contributed by atoms with E-state index in [2.05, 4.69) is 15.6 Å². The second-order valence-corrected chi connectivity index (χ2v) is 5.45. The molecule has 0 saturated heterocycles. The summed E-state index contributed by atoms with van der Waals surface area (Å²) < 4.78 is 7.30. The second-order valence-electron chi connectivity index (χ2n) is 5.45. The van der Waals surface area contributed by atoms with Crippen LogP contribution in [0.25, 0.3) is 0 Å². The first-order chi connectivity index (χ1) is 10.5. The number of aliphatic hydroxyl groups is 1. The third kappa shape index (κ3) is 5.01. The minimum absolute atomic E-state index is 0.283. The highest BCUT2D eigenvalue weighted by Gasteiger charge is 2.06. The van der Waals surface area contributed by atoms with E-state index in [-0.39, 0.29) is 6.61 Å². The lowest BCUT2D eigenvalue weighted by molar-refractivity contribution is 0.0831. The Kier molecular flexibility index (Phi) is 5.74. The number of rotatable bonds is 8. The molecular weight excluding hydrogens is 282 g/mol. The molecule has 120 valence electrons. The van der Waals surface area contributed by atoms with Crippen molar-refractivity contribution >= 4 is 5.69 Å². The Balaban J connectivity index is 1.79. The Morgan fingerprint density at radius 3 is 2.64 bits per heavy atom. The van der Waals surface area contributed by atoms with Gasteiger partial charge in [0.2, 0.25) is 0 Å². The van der Waals surface area contributed by atoms with Crippen LogP contribution in [0, 0.1) is 0 Å². The summed E-state index contributed by atoms with van der Waals surface area (Å²) in [5.74, 6) is 0.741. The summed E-state index contributed by atoms with van der Waals surface area (Å²) in [5, 5.41) is 20.8. The molecule has 0 spiro atoms. The maximum Gasteiger partial charge on any atom is 0.119 e. The third-order valence-electron chi connectivity index (χ3n) is 3.15. The molecule has 2 N–H and O–H groups in total. The van der Waals surface area contributed by atoms with Crippen molar-refractivity contribution < 1.29 is 9.84 Å². The molecule has 0 fully saturated rings. The van der Waals surface area contributed by atoms with Crippen LogP contribution in [0.4, 0.5) is 5.69 Å². The second kappa shape index (κ2) is 7.77. The first kappa shape index (κ1) is 16.3. The van der Waals surface area contributed by atoms with E-state index in [1.807, 2.05) is 50.3 Å². The van der Waals surface area contributed by atoms with Crippen molar-refractivity contribution in [3.63, 3.8) is 0 Å². The third-order valence-corrected chi connectivity index (χ3v) is 3.15. The summed E-state index contributed by atoms with van der Waals surface area (Å²) in [5.41, 5.74) is 1.99. The van der Waals surface area contributed by atoms with E-state index < -0.39 is 6.10 Å². The van der Waals surface area contributed by atoms with Crippen molar-refractivity contribution in [1.82, 2.24) is 19.9 Å². The van der Waals surface area contributed by atoms with Crippen LogP contribution in [-0.4, -0.2) is 58.4 Å². The maximum absolute atomic E-state index is 9.76. The van der Waals surface area contributed by atoms with Crippen LogP contribution < -0.4 is 10.1 Å². The minimum atomic E-state index is -0.495. The molecule has 0 radical (unpaired) electrons. The van der Waals surface area contributed by atoms with Crippen molar-refractivity contribution in [3.05, 3.63) is 36.2 Å². The highest BCUT2D eigenvalue weighted by atomic mass is 16.5. The van der Waals surface area contributed by atoms with Gasteiger partial charge < -0.3 is 20.1 Å². The zero-order valence-corrected chi connectivity index (χ0v) is 13.2. The van der Waals surface area contributed by atoms with E-state index in [1.54, 1.807) is 10.9 Å². The van der Waals surface area contributed by atoms with Crippen LogP contribution in [0.15, 0.2) is 30.5 Å². The molecule has 7 heteroatoms. The van der Waals surface area contributed by atoms with E-state index in [0.717, 1.165) is 17.1 Å². The van der Waals surface area contributed by atoms with Gasteiger partial charge in [0.25, 0.3) is 0 Å². The van der Waals surface area contributed by atoms with Gasteiger partial charge in [-0.1, -0.05) is 5.21 Å². The van der Waals surface area contributed by atoms with Crippen LogP contribution in [0.1, 0.15) is 5.69 Å². The molecule has 1 atom stereocenters. The van der Waals surface area contributed by atoms with Gasteiger partial charge in [-0.15, -0.1) is 5.10 Å². The quantitative estimate of drug-likeness (QED) is 0.749. The number of aliphatic hydroxyl groups excluding tert-OH is 1. The molecule has 22 heavy (non-hydrogen) atoms. The lowest BCUT2D eigenvalue weighted by Gasteiger charge is -2.16. The summed E-state index contributed by atoms with van der Waals surface area (Å²) in [6.07, 6.45) is 1.24. The summed E-state index contributed by atoms with van der Waals surface area (Å²) in [4.78, 5) is 1.92. The number of aryl methyl sites for hydroxylation is 1. The lowest BCUT2D eigenvalue weighted by atomic mass is 10.3. The molecule has 0 saturated carbocycles. The molecule has 7 nitrogen and oxygen atoms in total. The number of hydrogen-bond donors (Lipinski definition) is 2. The number of benzene rings is 1. The molecule has 2 rings (SSSR count). The molecule has 0 bridgehead atoms. The molecule has 1 aromatic carbocycles. The molecule has 0 aliphatic heterocycles. The largest absolute Gasteiger partial charge is 0.491 e. The Labute approximate surface area is 130 Å². The minimum Gasteiger partial charge on any atom is -0.491 e. The number of likely N-dealkylation sites (N-methyl/N-ethyl adjacent to an activating group) is 1. The van der Waals surface area contributed by atoms with E-state index in [0.29, 0.717) is 13.1 Å². The topological polar surface area (TPSA) is 75.4 Å². The van der Waals surface area contributed by atoms with Crippen molar-refractivity contribution in [2.45, 2.75) is 12.6 Å². The number of ether oxygens (including phenoxy) is 1. The summed E-state index contributed by atoms with van der Waals surface area (Å²) in [6.45, 7) is 1.52. The Hall–Kier alpha value is -2.12. The van der Waals surface area contributed by atoms with Crippen LogP contribution in [0.3, 0.4) is 0 Å². The molecule has 1 aromatic heterocycles. The molecule has 0 aliphatic carbocycles. The Morgan fingerprint density at radius 1 is 1.32 bits per heavy atom. The van der Waals surface area contributed by atoms with Crippen molar-refractivity contribution in [2.75, 3.05) is 32.6 Å². The SMILES string of the molecule is CN(C)CC(O)COc1ccc(NCc2cnnn2C)cc1. The molecular formula is C15H23N5O2. The average molecular weight is 305 g/mol. The molecule has 2 aromatic rings. The number of aromatic nitrogens is 3. The zero-order chi connectivity index (χ0) is 15.9. The van der Waals surface area contributed by atoms with E-state index in [9.17, 15) is 5.11 Å². The van der Waals surface area contributed by atoms with Gasteiger partial charge in [0.05, 0.1) is 18.4 Å². The predicted octanol–water partition coefficient (Wildman–Crippen LogP) is 0.728. The van der Waals surface area contributed by atoms with Crippen LogP contribution >= 0.6 is 0 Å². The fourth-order valence-electron chi connectivity index (χ4n) is 2.00. The Morgan fingerprint density at radius 2 is 2.05 bits per heavy atom. The molecule has 1 heterocycles. The first-order valence-corrected chi connectivity index (χ1v) is 7.17. The summed E-state index contributed by atoms with van der Waals surface area (Å²) >= 11 is 0. The van der Waals surface area contributed by atoms with Gasteiger partial charge in [0, 0.05) is 19.3 Å². The number of nitrogens with one attached hydrogen (secondary N) is 1. The number of anilines is 1. The number of nitrogens with zero attached hydrogens (tertiary/aromatic N) is 4. The van der Waals surface area contributed by atoms with E-state index in [4.69, 9.17) is 4.74 Å². The lowest BCUT2D eigenvalue weighted by Crippen LogP contribution is -2.30.